The van der Waals surface area contributed by atoms with E-state index >= 15 is 0 Å². The average molecular weight is 413 g/mol. The van der Waals surface area contributed by atoms with Crippen LogP contribution in [0.3, 0.4) is 0 Å². The molecule has 1 fully saturated rings. The zero-order valence-corrected chi connectivity index (χ0v) is 18.0. The highest BCUT2D eigenvalue weighted by molar-refractivity contribution is 5.99. The lowest BCUT2D eigenvalue weighted by atomic mass is 10.1. The van der Waals surface area contributed by atoms with Gasteiger partial charge in [0.1, 0.15) is 5.82 Å². The Morgan fingerprint density at radius 3 is 2.43 bits per heavy atom. The van der Waals surface area contributed by atoms with Crippen molar-refractivity contribution in [3.63, 3.8) is 0 Å². The van der Waals surface area contributed by atoms with Crippen molar-refractivity contribution >= 4 is 23.0 Å². The number of carbonyl (C=O) groups excluding carboxylic acids is 1. The van der Waals surface area contributed by atoms with E-state index in [1.54, 1.807) is 13.0 Å². The number of halogens is 1. The SMILES string of the molecule is C/C(=N/NC(=O)CNc1c(C)cc(C)cc1C)c1ccc(N2CCOCC2)c(F)c1. The van der Waals surface area contributed by atoms with E-state index in [-0.39, 0.29) is 18.3 Å². The largest absolute Gasteiger partial charge is 0.378 e. The second-order valence-electron chi connectivity index (χ2n) is 7.63. The lowest BCUT2D eigenvalue weighted by Crippen LogP contribution is -2.36. The minimum absolute atomic E-state index is 0.103. The number of aryl methyl sites for hydroxylation is 3. The van der Waals surface area contributed by atoms with Crippen LogP contribution in [0.2, 0.25) is 0 Å². The molecule has 1 saturated heterocycles. The predicted molar refractivity (Wildman–Crippen MR) is 119 cm³/mol. The second-order valence-corrected chi connectivity index (χ2v) is 7.63. The number of anilines is 2. The Labute approximate surface area is 177 Å². The van der Waals surface area contributed by atoms with E-state index in [0.29, 0.717) is 43.3 Å². The molecule has 6 nitrogen and oxygen atoms in total. The van der Waals surface area contributed by atoms with E-state index in [9.17, 15) is 9.18 Å². The van der Waals surface area contributed by atoms with Gasteiger partial charge in [-0.25, -0.2) is 9.82 Å². The molecule has 1 heterocycles. The molecule has 0 aromatic heterocycles. The van der Waals surface area contributed by atoms with Gasteiger partial charge in [0, 0.05) is 24.3 Å². The Balaban J connectivity index is 1.59. The van der Waals surface area contributed by atoms with Gasteiger partial charge in [-0.2, -0.15) is 5.10 Å². The molecule has 1 aliphatic heterocycles. The summed E-state index contributed by atoms with van der Waals surface area (Å²) in [6.07, 6.45) is 0. The molecule has 2 aromatic carbocycles. The van der Waals surface area contributed by atoms with Crippen LogP contribution in [-0.4, -0.2) is 44.5 Å². The molecule has 2 N–H and O–H groups in total. The van der Waals surface area contributed by atoms with Gasteiger partial charge in [-0.15, -0.1) is 0 Å². The van der Waals surface area contributed by atoms with E-state index < -0.39 is 0 Å². The molecule has 1 amide bonds. The third-order valence-corrected chi connectivity index (χ3v) is 5.17. The number of benzene rings is 2. The molecule has 0 atom stereocenters. The third-order valence-electron chi connectivity index (χ3n) is 5.17. The summed E-state index contributed by atoms with van der Waals surface area (Å²) in [5.41, 5.74) is 8.60. The molecular formula is C23H29FN4O2. The summed E-state index contributed by atoms with van der Waals surface area (Å²) >= 11 is 0. The molecular weight excluding hydrogens is 383 g/mol. The minimum Gasteiger partial charge on any atom is -0.378 e. The lowest BCUT2D eigenvalue weighted by Gasteiger charge is -2.29. The number of nitrogens with one attached hydrogen (secondary N) is 2. The van der Waals surface area contributed by atoms with E-state index in [4.69, 9.17) is 4.74 Å². The van der Waals surface area contributed by atoms with Crippen molar-refractivity contribution in [3.05, 3.63) is 58.4 Å². The summed E-state index contributed by atoms with van der Waals surface area (Å²) in [7, 11) is 0. The first-order valence-corrected chi connectivity index (χ1v) is 10.1. The van der Waals surface area contributed by atoms with Crippen molar-refractivity contribution < 1.29 is 13.9 Å². The number of nitrogens with zero attached hydrogens (tertiary/aromatic N) is 2. The number of amides is 1. The smallest absolute Gasteiger partial charge is 0.259 e. The Hall–Kier alpha value is -2.93. The fourth-order valence-electron chi connectivity index (χ4n) is 3.67. The van der Waals surface area contributed by atoms with E-state index in [2.05, 4.69) is 28.0 Å². The van der Waals surface area contributed by atoms with Crippen LogP contribution in [-0.2, 0) is 9.53 Å². The fourth-order valence-corrected chi connectivity index (χ4v) is 3.67. The van der Waals surface area contributed by atoms with Crippen molar-refractivity contribution in [1.29, 1.82) is 0 Å². The van der Waals surface area contributed by atoms with Crippen LogP contribution in [0.25, 0.3) is 0 Å². The first-order valence-electron chi connectivity index (χ1n) is 10.1. The van der Waals surface area contributed by atoms with Crippen LogP contribution in [0.5, 0.6) is 0 Å². The topological polar surface area (TPSA) is 66.0 Å². The lowest BCUT2D eigenvalue weighted by molar-refractivity contribution is -0.119. The summed E-state index contributed by atoms with van der Waals surface area (Å²) < 4.78 is 19.9. The van der Waals surface area contributed by atoms with Crippen LogP contribution in [0.1, 0.15) is 29.2 Å². The molecule has 160 valence electrons. The number of hydrazone groups is 1. The summed E-state index contributed by atoms with van der Waals surface area (Å²) in [6.45, 7) is 10.5. The van der Waals surface area contributed by atoms with E-state index in [1.165, 1.54) is 11.6 Å². The number of morpholine rings is 1. The molecule has 7 heteroatoms. The van der Waals surface area contributed by atoms with Crippen LogP contribution in [0, 0.1) is 26.6 Å². The summed E-state index contributed by atoms with van der Waals surface area (Å²) in [5.74, 6) is -0.568. The first-order chi connectivity index (χ1) is 14.3. The highest BCUT2D eigenvalue weighted by Gasteiger charge is 2.16. The Morgan fingerprint density at radius 2 is 1.80 bits per heavy atom. The van der Waals surface area contributed by atoms with Crippen molar-refractivity contribution in [2.75, 3.05) is 43.1 Å². The molecule has 3 rings (SSSR count). The number of hydrogen-bond donors (Lipinski definition) is 2. The average Bonchev–Trinajstić information content (AvgIpc) is 2.71. The third kappa shape index (κ3) is 5.36. The van der Waals surface area contributed by atoms with Crippen LogP contribution < -0.4 is 15.6 Å². The Bertz CT molecular complexity index is 929. The quantitative estimate of drug-likeness (QED) is 0.563. The summed E-state index contributed by atoms with van der Waals surface area (Å²) in [6, 6.07) is 9.17. The van der Waals surface area contributed by atoms with Crippen molar-refractivity contribution in [3.8, 4) is 0 Å². The number of ether oxygens (including phenoxy) is 1. The standard InChI is InChI=1S/C23H29FN4O2/c1-15-11-16(2)23(17(3)12-15)25-14-22(29)27-26-18(4)19-5-6-21(20(24)13-19)28-7-9-30-10-8-28/h5-6,11-13,25H,7-10,14H2,1-4H3,(H,27,29)/b26-18-. The Kier molecular flexibility index (Phi) is 7.05. The predicted octanol–water partition coefficient (Wildman–Crippen LogP) is 3.54. The molecule has 2 aromatic rings. The molecule has 1 aliphatic rings. The summed E-state index contributed by atoms with van der Waals surface area (Å²) in [4.78, 5) is 14.2. The molecule has 0 radical (unpaired) electrons. The molecule has 0 bridgehead atoms. The molecule has 30 heavy (non-hydrogen) atoms. The zero-order valence-electron chi connectivity index (χ0n) is 18.0. The van der Waals surface area contributed by atoms with Gasteiger partial charge in [0.05, 0.1) is 31.2 Å². The van der Waals surface area contributed by atoms with Gasteiger partial charge in [0.15, 0.2) is 0 Å². The molecule has 0 unspecified atom stereocenters. The van der Waals surface area contributed by atoms with E-state index in [0.717, 1.165) is 16.8 Å². The number of hydrogen-bond acceptors (Lipinski definition) is 5. The molecule has 0 aliphatic carbocycles. The Morgan fingerprint density at radius 1 is 1.13 bits per heavy atom. The van der Waals surface area contributed by atoms with Gasteiger partial charge in [-0.3, -0.25) is 4.79 Å². The number of carbonyl (C=O) groups is 1. The maximum atomic E-state index is 14.6. The van der Waals surface area contributed by atoms with Gasteiger partial charge in [-0.1, -0.05) is 23.8 Å². The van der Waals surface area contributed by atoms with Crippen LogP contribution >= 0.6 is 0 Å². The minimum atomic E-state index is -0.303. The van der Waals surface area contributed by atoms with Crippen molar-refractivity contribution in [2.45, 2.75) is 27.7 Å². The fraction of sp³-hybridized carbons (Fsp3) is 0.391. The summed E-state index contributed by atoms with van der Waals surface area (Å²) in [5, 5.41) is 7.29. The monoisotopic (exact) mass is 412 g/mol. The van der Waals surface area contributed by atoms with Gasteiger partial charge < -0.3 is 15.0 Å². The normalized spacial score (nSPS) is 14.6. The van der Waals surface area contributed by atoms with Crippen LogP contribution in [0.4, 0.5) is 15.8 Å². The van der Waals surface area contributed by atoms with Gasteiger partial charge in [0.25, 0.3) is 5.91 Å². The first kappa shape index (κ1) is 21.8. The molecule has 0 saturated carbocycles. The zero-order chi connectivity index (χ0) is 21.7. The van der Waals surface area contributed by atoms with Crippen LogP contribution in [0.15, 0.2) is 35.4 Å². The molecule has 0 spiro atoms. The number of rotatable bonds is 6. The van der Waals surface area contributed by atoms with Gasteiger partial charge in [0.2, 0.25) is 0 Å². The highest BCUT2D eigenvalue weighted by atomic mass is 19.1. The second kappa shape index (κ2) is 9.71. The maximum Gasteiger partial charge on any atom is 0.259 e. The van der Waals surface area contributed by atoms with Gasteiger partial charge in [-0.05, 0) is 51.0 Å². The van der Waals surface area contributed by atoms with E-state index in [1.807, 2.05) is 31.7 Å². The highest BCUT2D eigenvalue weighted by Crippen LogP contribution is 2.22. The van der Waals surface area contributed by atoms with Crippen molar-refractivity contribution in [2.24, 2.45) is 5.10 Å². The van der Waals surface area contributed by atoms with Gasteiger partial charge >= 0.3 is 0 Å². The van der Waals surface area contributed by atoms with Crippen molar-refractivity contribution in [1.82, 2.24) is 5.43 Å². The maximum absolute atomic E-state index is 14.6.